The van der Waals surface area contributed by atoms with Crippen LogP contribution in [0.3, 0.4) is 0 Å². The van der Waals surface area contributed by atoms with E-state index in [0.29, 0.717) is 18.2 Å². The van der Waals surface area contributed by atoms with Gasteiger partial charge in [-0.3, -0.25) is 9.97 Å². The molecule has 0 spiro atoms. The molecule has 3 aromatic rings. The molecular weight excluding hydrogens is 314 g/mol. The standard InChI is InChI=1S/C19H21N5O/c1-12(25)19-23-16-11-22-15-3-2-10-21-17(15)18(16)24(19)14-6-4-13(5-7-14)8-9-20/h2-3,10-14,25H,4-8H2,1H3/t12-,13?,14?/m1/s1. The van der Waals surface area contributed by atoms with E-state index in [1.165, 1.54) is 0 Å². The van der Waals surface area contributed by atoms with Crippen molar-refractivity contribution in [3.05, 3.63) is 30.4 Å². The van der Waals surface area contributed by atoms with Crippen molar-refractivity contribution in [2.45, 2.75) is 51.2 Å². The maximum atomic E-state index is 10.3. The summed E-state index contributed by atoms with van der Waals surface area (Å²) in [5.41, 5.74) is 3.41. The lowest BCUT2D eigenvalue weighted by Crippen LogP contribution is -2.20. The molecule has 0 saturated heterocycles. The number of imidazole rings is 1. The molecule has 6 nitrogen and oxygen atoms in total. The normalized spacial score (nSPS) is 22.1. The molecule has 0 aliphatic heterocycles. The third kappa shape index (κ3) is 2.75. The topological polar surface area (TPSA) is 87.6 Å². The summed E-state index contributed by atoms with van der Waals surface area (Å²) in [6, 6.07) is 6.40. The van der Waals surface area contributed by atoms with Crippen LogP contribution in [-0.2, 0) is 0 Å². The molecule has 0 unspecified atom stereocenters. The Labute approximate surface area is 146 Å². The molecule has 1 atom stereocenters. The summed E-state index contributed by atoms with van der Waals surface area (Å²) in [4.78, 5) is 13.6. The van der Waals surface area contributed by atoms with Gasteiger partial charge in [-0.1, -0.05) is 0 Å². The number of aliphatic hydroxyl groups excluding tert-OH is 1. The monoisotopic (exact) mass is 335 g/mol. The van der Waals surface area contributed by atoms with Crippen LogP contribution in [0.1, 0.15) is 57.0 Å². The van der Waals surface area contributed by atoms with Crippen molar-refractivity contribution in [1.82, 2.24) is 19.5 Å². The molecule has 4 rings (SSSR count). The number of fused-ring (bicyclic) bond motifs is 3. The maximum Gasteiger partial charge on any atom is 0.138 e. The number of pyridine rings is 2. The quantitative estimate of drug-likeness (QED) is 0.789. The Bertz CT molecular complexity index is 947. The Morgan fingerprint density at radius 2 is 2.08 bits per heavy atom. The van der Waals surface area contributed by atoms with Crippen molar-refractivity contribution in [1.29, 1.82) is 5.26 Å². The molecule has 1 N–H and O–H groups in total. The van der Waals surface area contributed by atoms with E-state index in [1.54, 1.807) is 19.3 Å². The van der Waals surface area contributed by atoms with Gasteiger partial charge in [0.2, 0.25) is 0 Å². The minimum absolute atomic E-state index is 0.275. The van der Waals surface area contributed by atoms with Gasteiger partial charge in [0.05, 0.1) is 23.3 Å². The SMILES string of the molecule is C[C@@H](O)c1nc2cnc3cccnc3c2n1C1CCC(CC#N)CC1. The molecule has 1 fully saturated rings. The van der Waals surface area contributed by atoms with Gasteiger partial charge in [0.15, 0.2) is 0 Å². The molecule has 1 saturated carbocycles. The van der Waals surface area contributed by atoms with Crippen LogP contribution in [0.5, 0.6) is 0 Å². The molecule has 6 heteroatoms. The Kier molecular flexibility index (Phi) is 4.10. The molecule has 25 heavy (non-hydrogen) atoms. The lowest BCUT2D eigenvalue weighted by molar-refractivity contribution is 0.175. The van der Waals surface area contributed by atoms with E-state index < -0.39 is 6.10 Å². The Morgan fingerprint density at radius 3 is 2.80 bits per heavy atom. The van der Waals surface area contributed by atoms with Crippen molar-refractivity contribution >= 4 is 22.1 Å². The van der Waals surface area contributed by atoms with Crippen LogP contribution < -0.4 is 0 Å². The third-order valence-corrected chi connectivity index (χ3v) is 5.24. The summed E-state index contributed by atoms with van der Waals surface area (Å²) in [7, 11) is 0. The number of hydrogen-bond donors (Lipinski definition) is 1. The number of rotatable bonds is 3. The highest BCUT2D eigenvalue weighted by Gasteiger charge is 2.28. The first-order valence-electron chi connectivity index (χ1n) is 8.85. The summed E-state index contributed by atoms with van der Waals surface area (Å²) < 4.78 is 2.18. The van der Waals surface area contributed by atoms with E-state index >= 15 is 0 Å². The zero-order valence-corrected chi connectivity index (χ0v) is 14.3. The van der Waals surface area contributed by atoms with Gasteiger partial charge in [-0.05, 0) is 50.7 Å². The van der Waals surface area contributed by atoms with Gasteiger partial charge in [-0.2, -0.15) is 5.26 Å². The van der Waals surface area contributed by atoms with Crippen molar-refractivity contribution in [3.63, 3.8) is 0 Å². The van der Waals surface area contributed by atoms with Gasteiger partial charge >= 0.3 is 0 Å². The number of nitriles is 1. The number of hydrogen-bond acceptors (Lipinski definition) is 5. The van der Waals surface area contributed by atoms with Crippen molar-refractivity contribution in [2.24, 2.45) is 5.92 Å². The van der Waals surface area contributed by atoms with E-state index in [1.807, 2.05) is 12.1 Å². The maximum absolute atomic E-state index is 10.3. The van der Waals surface area contributed by atoms with E-state index in [9.17, 15) is 5.11 Å². The minimum Gasteiger partial charge on any atom is -0.385 e. The first-order chi connectivity index (χ1) is 12.2. The van der Waals surface area contributed by atoms with Crippen LogP contribution >= 0.6 is 0 Å². The predicted octanol–water partition coefficient (Wildman–Crippen LogP) is 3.68. The molecule has 1 aliphatic carbocycles. The number of nitrogens with zero attached hydrogens (tertiary/aromatic N) is 5. The minimum atomic E-state index is -0.650. The molecule has 0 bridgehead atoms. The highest BCUT2D eigenvalue weighted by atomic mass is 16.3. The van der Waals surface area contributed by atoms with E-state index in [0.717, 1.165) is 47.8 Å². The van der Waals surface area contributed by atoms with E-state index in [-0.39, 0.29) is 6.04 Å². The van der Waals surface area contributed by atoms with E-state index in [2.05, 4.69) is 25.6 Å². The fourth-order valence-electron chi connectivity index (χ4n) is 4.01. The van der Waals surface area contributed by atoms with Crippen LogP contribution in [0.2, 0.25) is 0 Å². The molecule has 128 valence electrons. The Balaban J connectivity index is 1.85. The molecule has 0 aromatic carbocycles. The average molecular weight is 335 g/mol. The molecule has 1 aliphatic rings. The molecule has 0 radical (unpaired) electrons. The van der Waals surface area contributed by atoms with Crippen molar-refractivity contribution in [3.8, 4) is 6.07 Å². The zero-order chi connectivity index (χ0) is 17.4. The zero-order valence-electron chi connectivity index (χ0n) is 14.3. The van der Waals surface area contributed by atoms with Gasteiger partial charge in [-0.25, -0.2) is 4.98 Å². The van der Waals surface area contributed by atoms with Gasteiger partial charge in [0.1, 0.15) is 23.0 Å². The number of aliphatic hydroxyl groups is 1. The molecular formula is C19H21N5O. The third-order valence-electron chi connectivity index (χ3n) is 5.24. The lowest BCUT2D eigenvalue weighted by atomic mass is 9.84. The smallest absolute Gasteiger partial charge is 0.138 e. The largest absolute Gasteiger partial charge is 0.385 e. The van der Waals surface area contributed by atoms with Gasteiger partial charge in [-0.15, -0.1) is 0 Å². The number of aromatic nitrogens is 4. The van der Waals surface area contributed by atoms with Gasteiger partial charge in [0.25, 0.3) is 0 Å². The fourth-order valence-corrected chi connectivity index (χ4v) is 4.01. The van der Waals surface area contributed by atoms with Gasteiger partial charge < -0.3 is 9.67 Å². The summed E-state index contributed by atoms with van der Waals surface area (Å²) in [5, 5.41) is 19.2. The molecule has 0 amide bonds. The summed E-state index contributed by atoms with van der Waals surface area (Å²) in [5.74, 6) is 1.17. The second kappa shape index (κ2) is 6.41. The molecule has 3 aromatic heterocycles. The van der Waals surface area contributed by atoms with Crippen LogP contribution in [0, 0.1) is 17.2 Å². The summed E-state index contributed by atoms with van der Waals surface area (Å²) >= 11 is 0. The van der Waals surface area contributed by atoms with Crippen LogP contribution in [0.4, 0.5) is 0 Å². The predicted molar refractivity (Wildman–Crippen MR) is 94.7 cm³/mol. The highest BCUT2D eigenvalue weighted by Crippen LogP contribution is 2.38. The Morgan fingerprint density at radius 1 is 1.28 bits per heavy atom. The van der Waals surface area contributed by atoms with Crippen molar-refractivity contribution < 1.29 is 5.11 Å². The molecule has 3 heterocycles. The van der Waals surface area contributed by atoms with Gasteiger partial charge in [0, 0.05) is 18.7 Å². The lowest BCUT2D eigenvalue weighted by Gasteiger charge is -2.30. The first kappa shape index (κ1) is 16.0. The average Bonchev–Trinajstić information content (AvgIpc) is 3.03. The fraction of sp³-hybridized carbons (Fsp3) is 0.474. The van der Waals surface area contributed by atoms with E-state index in [4.69, 9.17) is 5.26 Å². The Hall–Kier alpha value is -2.52. The second-order valence-corrected chi connectivity index (χ2v) is 6.92. The van der Waals surface area contributed by atoms with Crippen LogP contribution in [-0.4, -0.2) is 24.6 Å². The van der Waals surface area contributed by atoms with Crippen LogP contribution in [0.15, 0.2) is 24.5 Å². The van der Waals surface area contributed by atoms with Crippen molar-refractivity contribution in [2.75, 3.05) is 0 Å². The second-order valence-electron chi connectivity index (χ2n) is 6.92. The van der Waals surface area contributed by atoms with Crippen LogP contribution in [0.25, 0.3) is 22.1 Å². The summed E-state index contributed by atoms with van der Waals surface area (Å²) in [6.07, 6.45) is 7.58. The summed E-state index contributed by atoms with van der Waals surface area (Å²) in [6.45, 7) is 1.75. The highest BCUT2D eigenvalue weighted by molar-refractivity contribution is 5.99. The first-order valence-corrected chi connectivity index (χ1v) is 8.85.